The van der Waals surface area contributed by atoms with Crippen LogP contribution in [-0.2, 0) is 24.2 Å². The summed E-state index contributed by atoms with van der Waals surface area (Å²) >= 11 is 1.57. The van der Waals surface area contributed by atoms with E-state index in [9.17, 15) is 0 Å². The quantitative estimate of drug-likeness (QED) is 0.786. The number of para-hydroxylation sites is 1. The van der Waals surface area contributed by atoms with Crippen molar-refractivity contribution in [2.75, 3.05) is 13.7 Å². The molecule has 2 rings (SSSR count). The zero-order chi connectivity index (χ0) is 14.2. The lowest BCUT2D eigenvalue weighted by atomic mass is 10.3. The predicted octanol–water partition coefficient (Wildman–Crippen LogP) is 2.98. The Morgan fingerprint density at radius 3 is 2.80 bits per heavy atom. The average molecular weight is 288 g/mol. The van der Waals surface area contributed by atoms with Crippen LogP contribution in [0.5, 0.6) is 5.75 Å². The largest absolute Gasteiger partial charge is 0.493 e. The van der Waals surface area contributed by atoms with Crippen LogP contribution in [0, 0.1) is 11.3 Å². The standard InChI is InChI=1S/C15H16N2O2S/c1-18-11-13-14(7-9-16)20-15(17-13)8-10-19-12-5-3-2-4-6-12/h2-6H,7-8,10-11H2,1H3. The highest BCUT2D eigenvalue weighted by Gasteiger charge is 2.10. The number of thiazole rings is 1. The SMILES string of the molecule is COCc1nc(CCOc2ccccc2)sc1CC#N. The molecule has 1 aromatic heterocycles. The van der Waals surface area contributed by atoms with Gasteiger partial charge in [0.2, 0.25) is 0 Å². The lowest BCUT2D eigenvalue weighted by Gasteiger charge is -2.03. The number of ether oxygens (including phenoxy) is 2. The van der Waals surface area contributed by atoms with E-state index in [2.05, 4.69) is 11.1 Å². The zero-order valence-electron chi connectivity index (χ0n) is 11.3. The average Bonchev–Trinajstić information content (AvgIpc) is 2.83. The van der Waals surface area contributed by atoms with Gasteiger partial charge in [0.25, 0.3) is 0 Å². The molecule has 1 heterocycles. The fourth-order valence-corrected chi connectivity index (χ4v) is 2.76. The number of nitriles is 1. The minimum absolute atomic E-state index is 0.385. The first-order valence-electron chi connectivity index (χ1n) is 6.34. The van der Waals surface area contributed by atoms with Crippen LogP contribution in [0.25, 0.3) is 0 Å². The molecule has 0 aliphatic heterocycles. The summed E-state index contributed by atoms with van der Waals surface area (Å²) in [6, 6.07) is 11.9. The first kappa shape index (κ1) is 14.5. The fourth-order valence-electron chi connectivity index (χ4n) is 1.78. The van der Waals surface area contributed by atoms with Gasteiger partial charge in [0, 0.05) is 18.4 Å². The van der Waals surface area contributed by atoms with Gasteiger partial charge in [-0.1, -0.05) is 18.2 Å². The molecule has 0 saturated heterocycles. The molecule has 0 bridgehead atoms. The normalized spacial score (nSPS) is 10.2. The molecule has 0 spiro atoms. The van der Waals surface area contributed by atoms with Crippen LogP contribution in [0.15, 0.2) is 30.3 Å². The molecular weight excluding hydrogens is 272 g/mol. The highest BCUT2D eigenvalue weighted by Crippen LogP contribution is 2.21. The van der Waals surface area contributed by atoms with Crippen LogP contribution in [0.4, 0.5) is 0 Å². The molecule has 0 aliphatic rings. The van der Waals surface area contributed by atoms with E-state index >= 15 is 0 Å². The molecule has 0 saturated carbocycles. The summed E-state index contributed by atoms with van der Waals surface area (Å²) in [5.74, 6) is 0.860. The summed E-state index contributed by atoms with van der Waals surface area (Å²) in [5.41, 5.74) is 0.869. The topological polar surface area (TPSA) is 55.1 Å². The van der Waals surface area contributed by atoms with Gasteiger partial charge < -0.3 is 9.47 Å². The van der Waals surface area contributed by atoms with Crippen molar-refractivity contribution in [2.24, 2.45) is 0 Å². The van der Waals surface area contributed by atoms with Crippen LogP contribution in [0.3, 0.4) is 0 Å². The Hall–Kier alpha value is -1.90. The second-order valence-electron chi connectivity index (χ2n) is 4.16. The first-order valence-corrected chi connectivity index (χ1v) is 7.16. The number of rotatable bonds is 7. The van der Waals surface area contributed by atoms with E-state index in [1.165, 1.54) is 0 Å². The van der Waals surface area contributed by atoms with Gasteiger partial charge in [-0.2, -0.15) is 5.26 Å². The molecule has 0 unspecified atom stereocenters. The third-order valence-electron chi connectivity index (χ3n) is 2.67. The molecule has 0 N–H and O–H groups in total. The molecule has 1 aromatic carbocycles. The van der Waals surface area contributed by atoms with Gasteiger partial charge in [-0.15, -0.1) is 11.3 Å². The number of aromatic nitrogens is 1. The Labute approximate surface area is 122 Å². The van der Waals surface area contributed by atoms with Crippen molar-refractivity contribution in [1.82, 2.24) is 4.98 Å². The highest BCUT2D eigenvalue weighted by molar-refractivity contribution is 7.11. The third kappa shape index (κ3) is 4.05. The summed E-state index contributed by atoms with van der Waals surface area (Å²) < 4.78 is 10.8. The van der Waals surface area contributed by atoms with Crippen molar-refractivity contribution >= 4 is 11.3 Å². The van der Waals surface area contributed by atoms with E-state index in [4.69, 9.17) is 14.7 Å². The smallest absolute Gasteiger partial charge is 0.119 e. The maximum atomic E-state index is 8.81. The zero-order valence-corrected chi connectivity index (χ0v) is 12.2. The summed E-state index contributed by atoms with van der Waals surface area (Å²) in [5, 5.41) is 9.79. The predicted molar refractivity (Wildman–Crippen MR) is 77.8 cm³/mol. The lowest BCUT2D eigenvalue weighted by Crippen LogP contribution is -2.01. The minimum atomic E-state index is 0.385. The van der Waals surface area contributed by atoms with Crippen LogP contribution >= 0.6 is 11.3 Å². The third-order valence-corrected chi connectivity index (χ3v) is 3.83. The molecule has 2 aromatic rings. The van der Waals surface area contributed by atoms with Crippen molar-refractivity contribution in [1.29, 1.82) is 5.26 Å². The Kier molecular flexibility index (Phi) is 5.54. The van der Waals surface area contributed by atoms with Gasteiger partial charge in [-0.05, 0) is 12.1 Å². The number of nitrogens with zero attached hydrogens (tertiary/aromatic N) is 2. The van der Waals surface area contributed by atoms with E-state index < -0.39 is 0 Å². The molecule has 0 fully saturated rings. The molecule has 104 valence electrons. The fraction of sp³-hybridized carbons (Fsp3) is 0.333. The van der Waals surface area contributed by atoms with Gasteiger partial charge >= 0.3 is 0 Å². The van der Waals surface area contributed by atoms with Crippen molar-refractivity contribution < 1.29 is 9.47 Å². The van der Waals surface area contributed by atoms with Gasteiger partial charge in [0.05, 0.1) is 36.4 Å². The van der Waals surface area contributed by atoms with E-state index in [0.29, 0.717) is 19.6 Å². The summed E-state index contributed by atoms with van der Waals surface area (Å²) in [4.78, 5) is 5.50. The molecule has 0 amide bonds. The molecular formula is C15H16N2O2S. The monoisotopic (exact) mass is 288 g/mol. The van der Waals surface area contributed by atoms with E-state index in [0.717, 1.165) is 27.7 Å². The van der Waals surface area contributed by atoms with E-state index in [-0.39, 0.29) is 0 Å². The maximum Gasteiger partial charge on any atom is 0.119 e. The van der Waals surface area contributed by atoms with Crippen LogP contribution in [-0.4, -0.2) is 18.7 Å². The minimum Gasteiger partial charge on any atom is -0.493 e. The lowest BCUT2D eigenvalue weighted by molar-refractivity contribution is 0.181. The van der Waals surface area contributed by atoms with Gasteiger partial charge in [-0.3, -0.25) is 0 Å². The van der Waals surface area contributed by atoms with E-state index in [1.54, 1.807) is 18.4 Å². The maximum absolute atomic E-state index is 8.81. The first-order chi connectivity index (χ1) is 9.83. The Balaban J connectivity index is 1.92. The molecule has 5 heteroatoms. The van der Waals surface area contributed by atoms with Crippen molar-refractivity contribution in [3.8, 4) is 11.8 Å². The second-order valence-corrected chi connectivity index (χ2v) is 5.33. The Bertz CT molecular complexity index is 575. The van der Waals surface area contributed by atoms with Crippen molar-refractivity contribution in [2.45, 2.75) is 19.4 Å². The number of hydrogen-bond donors (Lipinski definition) is 0. The summed E-state index contributed by atoms with van der Waals surface area (Å²) in [7, 11) is 1.63. The highest BCUT2D eigenvalue weighted by atomic mass is 32.1. The second kappa shape index (κ2) is 7.63. The van der Waals surface area contributed by atoms with Crippen LogP contribution in [0.2, 0.25) is 0 Å². The molecule has 20 heavy (non-hydrogen) atoms. The number of hydrogen-bond acceptors (Lipinski definition) is 5. The Morgan fingerprint density at radius 1 is 1.30 bits per heavy atom. The summed E-state index contributed by atoms with van der Waals surface area (Å²) in [6.45, 7) is 1.03. The summed E-state index contributed by atoms with van der Waals surface area (Å²) in [6.07, 6.45) is 1.12. The molecule has 0 aliphatic carbocycles. The Morgan fingerprint density at radius 2 is 2.10 bits per heavy atom. The molecule has 0 radical (unpaired) electrons. The van der Waals surface area contributed by atoms with Crippen molar-refractivity contribution in [3.05, 3.63) is 45.9 Å². The van der Waals surface area contributed by atoms with Gasteiger partial charge in [-0.25, -0.2) is 4.98 Å². The van der Waals surface area contributed by atoms with Gasteiger partial charge in [0.15, 0.2) is 0 Å². The van der Waals surface area contributed by atoms with E-state index in [1.807, 2.05) is 30.3 Å². The van der Waals surface area contributed by atoms with Crippen molar-refractivity contribution in [3.63, 3.8) is 0 Å². The molecule has 0 atom stereocenters. The molecule has 4 nitrogen and oxygen atoms in total. The number of benzene rings is 1. The van der Waals surface area contributed by atoms with Crippen LogP contribution in [0.1, 0.15) is 15.6 Å². The van der Waals surface area contributed by atoms with Gasteiger partial charge in [0.1, 0.15) is 5.75 Å². The van der Waals surface area contributed by atoms with Crippen LogP contribution < -0.4 is 4.74 Å². The number of methoxy groups -OCH3 is 1.